The van der Waals surface area contributed by atoms with Crippen molar-refractivity contribution in [1.82, 2.24) is 10.2 Å². The third-order valence-corrected chi connectivity index (χ3v) is 6.32. The van der Waals surface area contributed by atoms with Crippen LogP contribution < -0.4 is 19.5 Å². The van der Waals surface area contributed by atoms with Crippen molar-refractivity contribution in [1.29, 1.82) is 0 Å². The predicted molar refractivity (Wildman–Crippen MR) is 129 cm³/mol. The summed E-state index contributed by atoms with van der Waals surface area (Å²) in [6.07, 6.45) is 0.700. The number of likely N-dealkylation sites (tertiary alicyclic amines) is 1. The Kier molecular flexibility index (Phi) is 9.01. The third kappa shape index (κ3) is 5.56. The molecule has 1 heterocycles. The van der Waals surface area contributed by atoms with E-state index in [1.165, 1.54) is 7.11 Å². The van der Waals surface area contributed by atoms with Gasteiger partial charge in [0.05, 0.1) is 37.8 Å². The lowest BCUT2D eigenvalue weighted by Crippen LogP contribution is -2.36. The van der Waals surface area contributed by atoms with Crippen molar-refractivity contribution < 1.29 is 28.5 Å². The Labute approximate surface area is 205 Å². The topological polar surface area (TPSA) is 86.3 Å². The van der Waals surface area contributed by atoms with Gasteiger partial charge >= 0.3 is 0 Å². The average Bonchev–Trinajstić information content (AvgIpc) is 3.31. The number of methoxy groups -OCH3 is 4. The fourth-order valence-electron chi connectivity index (χ4n) is 4.25. The van der Waals surface area contributed by atoms with Gasteiger partial charge in [-0.1, -0.05) is 23.7 Å². The third-order valence-electron chi connectivity index (χ3n) is 5.99. The number of carbonyl (C=O) groups excluding carboxylic acids is 2. The minimum absolute atomic E-state index is 0.121. The molecule has 2 atom stereocenters. The van der Waals surface area contributed by atoms with Gasteiger partial charge < -0.3 is 29.2 Å². The van der Waals surface area contributed by atoms with Crippen LogP contribution in [0, 0.1) is 5.92 Å². The van der Waals surface area contributed by atoms with E-state index in [1.54, 1.807) is 50.5 Å². The van der Waals surface area contributed by atoms with Crippen molar-refractivity contribution in [3.05, 3.63) is 52.5 Å². The zero-order valence-electron chi connectivity index (χ0n) is 19.9. The maximum absolute atomic E-state index is 13.3. The highest BCUT2D eigenvalue weighted by Gasteiger charge is 2.41. The van der Waals surface area contributed by atoms with Crippen molar-refractivity contribution in [2.24, 2.45) is 5.92 Å². The zero-order chi connectivity index (χ0) is 24.7. The van der Waals surface area contributed by atoms with E-state index >= 15 is 0 Å². The van der Waals surface area contributed by atoms with Crippen molar-refractivity contribution in [3.63, 3.8) is 0 Å². The van der Waals surface area contributed by atoms with Crippen LogP contribution in [0.1, 0.15) is 28.3 Å². The molecule has 0 saturated carbocycles. The van der Waals surface area contributed by atoms with Crippen LogP contribution in [0.25, 0.3) is 0 Å². The fourth-order valence-corrected chi connectivity index (χ4v) is 4.47. The highest BCUT2D eigenvalue weighted by Crippen LogP contribution is 2.43. The van der Waals surface area contributed by atoms with Crippen molar-refractivity contribution in [3.8, 4) is 17.2 Å². The molecule has 34 heavy (non-hydrogen) atoms. The Bertz CT molecular complexity index is 990. The van der Waals surface area contributed by atoms with E-state index in [-0.39, 0.29) is 24.3 Å². The van der Waals surface area contributed by atoms with E-state index in [4.69, 9.17) is 30.5 Å². The van der Waals surface area contributed by atoms with Gasteiger partial charge in [-0.15, -0.1) is 0 Å². The number of benzene rings is 2. The maximum atomic E-state index is 13.3. The van der Waals surface area contributed by atoms with E-state index in [0.717, 1.165) is 5.56 Å². The smallest absolute Gasteiger partial charge is 0.255 e. The number of nitrogens with one attached hydrogen (secondary N) is 1. The first-order valence-corrected chi connectivity index (χ1v) is 11.4. The summed E-state index contributed by atoms with van der Waals surface area (Å²) in [5, 5.41) is 3.36. The average molecular weight is 491 g/mol. The lowest BCUT2D eigenvalue weighted by molar-refractivity contribution is -0.124. The minimum atomic E-state index is -0.461. The summed E-state index contributed by atoms with van der Waals surface area (Å²) in [4.78, 5) is 28.2. The molecule has 2 unspecified atom stereocenters. The monoisotopic (exact) mass is 490 g/mol. The quantitative estimate of drug-likeness (QED) is 0.514. The highest BCUT2D eigenvalue weighted by atomic mass is 35.5. The Morgan fingerprint density at radius 1 is 1.03 bits per heavy atom. The molecule has 1 fully saturated rings. The van der Waals surface area contributed by atoms with Crippen LogP contribution in [0.15, 0.2) is 36.4 Å². The van der Waals surface area contributed by atoms with E-state index < -0.39 is 5.92 Å². The molecule has 0 aromatic heterocycles. The molecule has 3 rings (SSSR count). The van der Waals surface area contributed by atoms with Gasteiger partial charge in [-0.3, -0.25) is 9.59 Å². The number of halogens is 1. The summed E-state index contributed by atoms with van der Waals surface area (Å²) in [5.41, 5.74) is 1.23. The van der Waals surface area contributed by atoms with Crippen LogP contribution in [0.2, 0.25) is 5.02 Å². The Morgan fingerprint density at radius 2 is 1.71 bits per heavy atom. The van der Waals surface area contributed by atoms with Gasteiger partial charge in [-0.05, 0) is 36.2 Å². The molecule has 2 amide bonds. The van der Waals surface area contributed by atoms with Crippen LogP contribution in [0.3, 0.4) is 0 Å². The van der Waals surface area contributed by atoms with E-state index in [0.29, 0.717) is 54.0 Å². The van der Waals surface area contributed by atoms with E-state index in [2.05, 4.69) is 5.32 Å². The molecular formula is C25H31ClN2O6. The van der Waals surface area contributed by atoms with Gasteiger partial charge in [0.25, 0.3) is 5.91 Å². The molecule has 8 nitrogen and oxygen atoms in total. The number of ether oxygens (including phenoxy) is 4. The van der Waals surface area contributed by atoms with E-state index in [1.807, 2.05) is 12.1 Å². The molecule has 2 aromatic carbocycles. The highest BCUT2D eigenvalue weighted by molar-refractivity contribution is 6.33. The molecule has 0 radical (unpaired) electrons. The normalized spacial score (nSPS) is 17.4. The molecular weight excluding hydrogens is 460 g/mol. The number of amides is 2. The molecule has 0 aliphatic carbocycles. The summed E-state index contributed by atoms with van der Waals surface area (Å²) in [5.74, 6) is 0.386. The van der Waals surface area contributed by atoms with Gasteiger partial charge in [0.1, 0.15) is 0 Å². The number of hydrogen-bond acceptors (Lipinski definition) is 6. The molecule has 184 valence electrons. The number of carbonyl (C=O) groups is 2. The minimum Gasteiger partial charge on any atom is -0.493 e. The molecule has 1 aliphatic rings. The maximum Gasteiger partial charge on any atom is 0.255 e. The second-order valence-corrected chi connectivity index (χ2v) is 8.41. The first-order valence-electron chi connectivity index (χ1n) is 11.1. The largest absolute Gasteiger partial charge is 0.493 e. The van der Waals surface area contributed by atoms with Crippen LogP contribution in [-0.4, -0.2) is 71.4 Å². The van der Waals surface area contributed by atoms with Crippen LogP contribution in [-0.2, 0) is 9.53 Å². The lowest BCUT2D eigenvalue weighted by atomic mass is 9.88. The van der Waals surface area contributed by atoms with Crippen LogP contribution >= 0.6 is 11.6 Å². The summed E-state index contributed by atoms with van der Waals surface area (Å²) >= 11 is 6.28. The summed E-state index contributed by atoms with van der Waals surface area (Å²) < 4.78 is 21.5. The van der Waals surface area contributed by atoms with Crippen molar-refractivity contribution in [2.75, 3.05) is 54.7 Å². The van der Waals surface area contributed by atoms with Gasteiger partial charge in [0, 0.05) is 39.3 Å². The Balaban J connectivity index is 1.94. The van der Waals surface area contributed by atoms with Gasteiger partial charge in [-0.2, -0.15) is 0 Å². The first kappa shape index (κ1) is 25.6. The number of nitrogens with zero attached hydrogens (tertiary/aromatic N) is 1. The summed E-state index contributed by atoms with van der Waals surface area (Å²) in [6, 6.07) is 10.6. The molecule has 0 spiro atoms. The fraction of sp³-hybridized carbons (Fsp3) is 0.440. The number of rotatable bonds is 10. The SMILES string of the molecule is COCCCNC(=O)C1CN(C(=O)c2ccccc2Cl)CC1c1cc(OC)c(OC)c(OC)c1. The predicted octanol–water partition coefficient (Wildman–Crippen LogP) is 3.37. The molecule has 1 saturated heterocycles. The van der Waals surface area contributed by atoms with Crippen molar-refractivity contribution in [2.45, 2.75) is 12.3 Å². The number of hydrogen-bond donors (Lipinski definition) is 1. The van der Waals surface area contributed by atoms with Gasteiger partial charge in [0.15, 0.2) is 11.5 Å². The molecule has 1 N–H and O–H groups in total. The standard InChI is InChI=1S/C25H31ClN2O6/c1-31-11-7-10-27-24(29)19-15-28(25(30)17-8-5-6-9-20(17)26)14-18(19)16-12-21(32-2)23(34-4)22(13-16)33-3/h5-6,8-9,12-13,18-19H,7,10-11,14-15H2,1-4H3,(H,27,29). The first-order chi connectivity index (χ1) is 16.4. The Hall–Kier alpha value is -2.97. The molecule has 1 aliphatic heterocycles. The zero-order valence-corrected chi connectivity index (χ0v) is 20.7. The Morgan fingerprint density at radius 3 is 2.29 bits per heavy atom. The second kappa shape index (κ2) is 11.9. The second-order valence-electron chi connectivity index (χ2n) is 8.00. The summed E-state index contributed by atoms with van der Waals surface area (Å²) in [7, 11) is 6.25. The van der Waals surface area contributed by atoms with Crippen LogP contribution in [0.5, 0.6) is 17.2 Å². The van der Waals surface area contributed by atoms with Gasteiger partial charge in [-0.25, -0.2) is 0 Å². The molecule has 9 heteroatoms. The lowest BCUT2D eigenvalue weighted by Gasteiger charge is -2.21. The van der Waals surface area contributed by atoms with E-state index in [9.17, 15) is 9.59 Å². The van der Waals surface area contributed by atoms with Gasteiger partial charge in [0.2, 0.25) is 11.7 Å². The van der Waals surface area contributed by atoms with Crippen molar-refractivity contribution >= 4 is 23.4 Å². The molecule has 2 aromatic rings. The van der Waals surface area contributed by atoms with Crippen LogP contribution in [0.4, 0.5) is 0 Å². The molecule has 0 bridgehead atoms. The summed E-state index contributed by atoms with van der Waals surface area (Å²) in [6.45, 7) is 1.66.